The fourth-order valence-corrected chi connectivity index (χ4v) is 3.16. The Balaban J connectivity index is 2.16. The van der Waals surface area contributed by atoms with Gasteiger partial charge in [-0.15, -0.1) is 0 Å². The SMILES string of the molecule is C=C/C=N\C(=C(/C)N)N(C=C)c1cc(C#N)cc(-n2cnc3c2N=CCC3C)c1. The molecule has 0 aliphatic carbocycles. The molecule has 0 bridgehead atoms. The van der Waals surface area contributed by atoms with Gasteiger partial charge >= 0.3 is 0 Å². The van der Waals surface area contributed by atoms with Gasteiger partial charge in [-0.25, -0.2) is 15.0 Å². The molecule has 29 heavy (non-hydrogen) atoms. The van der Waals surface area contributed by atoms with Crippen molar-refractivity contribution < 1.29 is 0 Å². The molecule has 0 fully saturated rings. The van der Waals surface area contributed by atoms with E-state index in [-0.39, 0.29) is 0 Å². The second-order valence-corrected chi connectivity index (χ2v) is 6.69. The first kappa shape index (κ1) is 19.8. The van der Waals surface area contributed by atoms with Crippen LogP contribution in [0.4, 0.5) is 11.5 Å². The maximum absolute atomic E-state index is 9.58. The van der Waals surface area contributed by atoms with Crippen LogP contribution in [0.2, 0.25) is 0 Å². The summed E-state index contributed by atoms with van der Waals surface area (Å²) in [5, 5.41) is 9.58. The lowest BCUT2D eigenvalue weighted by molar-refractivity contribution is 0.773. The molecule has 7 nitrogen and oxygen atoms in total. The molecule has 0 spiro atoms. The molecule has 0 saturated heterocycles. The smallest absolute Gasteiger partial charge is 0.160 e. The molecule has 1 atom stereocenters. The van der Waals surface area contributed by atoms with E-state index in [2.05, 4.69) is 41.1 Å². The van der Waals surface area contributed by atoms with Crippen molar-refractivity contribution in [1.82, 2.24) is 9.55 Å². The van der Waals surface area contributed by atoms with Gasteiger partial charge in [-0.3, -0.25) is 4.57 Å². The number of imidazole rings is 1. The first-order valence-corrected chi connectivity index (χ1v) is 9.18. The number of hydrogen-bond acceptors (Lipinski definition) is 6. The molecule has 2 heterocycles. The van der Waals surface area contributed by atoms with Crippen LogP contribution in [0.5, 0.6) is 0 Å². The molecule has 1 aliphatic heterocycles. The van der Waals surface area contributed by atoms with E-state index in [4.69, 9.17) is 5.73 Å². The van der Waals surface area contributed by atoms with Crippen molar-refractivity contribution in [3.63, 3.8) is 0 Å². The van der Waals surface area contributed by atoms with Crippen molar-refractivity contribution >= 4 is 23.9 Å². The summed E-state index contributed by atoms with van der Waals surface area (Å²) >= 11 is 0. The maximum Gasteiger partial charge on any atom is 0.160 e. The fourth-order valence-electron chi connectivity index (χ4n) is 3.16. The molecule has 1 aliphatic rings. The zero-order chi connectivity index (χ0) is 21.0. The number of fused-ring (bicyclic) bond motifs is 1. The average molecular weight is 385 g/mol. The third-order valence-corrected chi connectivity index (χ3v) is 4.56. The van der Waals surface area contributed by atoms with Gasteiger partial charge in [0.1, 0.15) is 6.33 Å². The van der Waals surface area contributed by atoms with E-state index in [0.717, 1.165) is 23.6 Å². The van der Waals surface area contributed by atoms with Gasteiger partial charge in [0.25, 0.3) is 0 Å². The van der Waals surface area contributed by atoms with Crippen LogP contribution in [0.3, 0.4) is 0 Å². The lowest BCUT2D eigenvalue weighted by atomic mass is 10.0. The highest BCUT2D eigenvalue weighted by atomic mass is 15.2. The van der Waals surface area contributed by atoms with Gasteiger partial charge in [0.2, 0.25) is 0 Å². The van der Waals surface area contributed by atoms with Gasteiger partial charge in [-0.05, 0) is 31.5 Å². The van der Waals surface area contributed by atoms with Crippen LogP contribution in [0.1, 0.15) is 37.4 Å². The molecular formula is C22H23N7. The van der Waals surface area contributed by atoms with Crippen molar-refractivity contribution in [2.75, 3.05) is 4.90 Å². The van der Waals surface area contributed by atoms with Crippen LogP contribution in [0.25, 0.3) is 5.69 Å². The van der Waals surface area contributed by atoms with Gasteiger partial charge < -0.3 is 10.6 Å². The van der Waals surface area contributed by atoms with E-state index in [0.29, 0.717) is 28.7 Å². The van der Waals surface area contributed by atoms with Crippen LogP contribution in [0, 0.1) is 11.3 Å². The number of nitriles is 1. The summed E-state index contributed by atoms with van der Waals surface area (Å²) in [5.41, 5.74) is 9.46. The molecule has 0 amide bonds. The van der Waals surface area contributed by atoms with Gasteiger partial charge in [-0.1, -0.05) is 26.2 Å². The highest BCUT2D eigenvalue weighted by molar-refractivity contribution is 5.73. The highest BCUT2D eigenvalue weighted by Crippen LogP contribution is 2.34. The number of hydrogen-bond donors (Lipinski definition) is 1. The van der Waals surface area contributed by atoms with Crippen LogP contribution < -0.4 is 10.6 Å². The number of benzene rings is 1. The fraction of sp³-hybridized carbons (Fsp3) is 0.182. The minimum absolute atomic E-state index is 0.301. The van der Waals surface area contributed by atoms with Gasteiger partial charge in [-0.2, -0.15) is 5.26 Å². The van der Waals surface area contributed by atoms with Crippen molar-refractivity contribution in [1.29, 1.82) is 5.26 Å². The number of aromatic nitrogens is 2. The molecule has 0 saturated carbocycles. The number of nitrogens with two attached hydrogens (primary N) is 1. The molecule has 7 heteroatoms. The summed E-state index contributed by atoms with van der Waals surface area (Å²) in [6, 6.07) is 7.69. The zero-order valence-corrected chi connectivity index (χ0v) is 16.6. The quantitative estimate of drug-likeness (QED) is 0.750. The molecule has 1 aromatic carbocycles. The Labute approximate surface area is 170 Å². The summed E-state index contributed by atoms with van der Waals surface area (Å²) in [5.74, 6) is 1.58. The van der Waals surface area contributed by atoms with Crippen LogP contribution in [-0.4, -0.2) is 22.0 Å². The van der Waals surface area contributed by atoms with Crippen molar-refractivity contribution in [2.24, 2.45) is 15.7 Å². The Morgan fingerprint density at radius 2 is 2.21 bits per heavy atom. The van der Waals surface area contributed by atoms with E-state index in [1.54, 1.807) is 48.8 Å². The molecule has 3 rings (SSSR count). The second-order valence-electron chi connectivity index (χ2n) is 6.69. The molecule has 2 N–H and O–H groups in total. The molecule has 1 aromatic heterocycles. The maximum atomic E-state index is 9.58. The summed E-state index contributed by atoms with van der Waals surface area (Å²) < 4.78 is 1.89. The van der Waals surface area contributed by atoms with Crippen molar-refractivity contribution in [3.05, 3.63) is 72.7 Å². The minimum Gasteiger partial charge on any atom is -0.399 e. The number of rotatable bonds is 6. The van der Waals surface area contributed by atoms with E-state index < -0.39 is 0 Å². The molecular weight excluding hydrogens is 362 g/mol. The van der Waals surface area contributed by atoms with Crippen LogP contribution in [-0.2, 0) is 0 Å². The lowest BCUT2D eigenvalue weighted by Gasteiger charge is -2.23. The largest absolute Gasteiger partial charge is 0.399 e. The Morgan fingerprint density at radius 1 is 1.41 bits per heavy atom. The highest BCUT2D eigenvalue weighted by Gasteiger charge is 2.21. The molecule has 0 radical (unpaired) electrons. The topological polar surface area (TPSA) is 95.6 Å². The third-order valence-electron chi connectivity index (χ3n) is 4.56. The van der Waals surface area contributed by atoms with Crippen molar-refractivity contribution in [2.45, 2.75) is 26.2 Å². The number of allylic oxidation sites excluding steroid dienone is 2. The summed E-state index contributed by atoms with van der Waals surface area (Å²) in [4.78, 5) is 15.2. The van der Waals surface area contributed by atoms with Crippen LogP contribution >= 0.6 is 0 Å². The van der Waals surface area contributed by atoms with Gasteiger partial charge in [0.05, 0.1) is 28.7 Å². The monoisotopic (exact) mass is 385 g/mol. The summed E-state index contributed by atoms with van der Waals surface area (Å²) in [6.07, 6.45) is 9.24. The van der Waals surface area contributed by atoms with E-state index in [1.807, 2.05) is 16.8 Å². The first-order chi connectivity index (χ1) is 14.0. The van der Waals surface area contributed by atoms with E-state index in [1.165, 1.54) is 0 Å². The lowest BCUT2D eigenvalue weighted by Crippen LogP contribution is -2.18. The number of nitrogens with zero attached hydrogens (tertiary/aromatic N) is 6. The Bertz CT molecular complexity index is 1080. The van der Waals surface area contributed by atoms with E-state index in [9.17, 15) is 5.26 Å². The van der Waals surface area contributed by atoms with E-state index >= 15 is 0 Å². The van der Waals surface area contributed by atoms with Crippen LogP contribution in [0.15, 0.2) is 71.5 Å². The summed E-state index contributed by atoms with van der Waals surface area (Å²) in [7, 11) is 0. The Hall–Kier alpha value is -3.92. The second kappa shape index (κ2) is 8.40. The third kappa shape index (κ3) is 3.87. The molecule has 146 valence electrons. The Kier molecular flexibility index (Phi) is 5.74. The number of anilines is 1. The minimum atomic E-state index is 0.301. The standard InChI is InChI=1S/C22H23N7/c1-5-8-25-21(16(4)24)28(6-2)18-10-17(13-23)11-19(12-18)29-14-27-20-15(3)7-9-26-22(20)29/h5-6,8-12,14-15H,1-2,7,24H2,3-4H3/b21-16-,25-8-. The average Bonchev–Trinajstić information content (AvgIpc) is 3.16. The van der Waals surface area contributed by atoms with Crippen molar-refractivity contribution in [3.8, 4) is 11.8 Å². The van der Waals surface area contributed by atoms with Gasteiger partial charge in [0, 0.05) is 30.2 Å². The molecule has 1 unspecified atom stereocenters. The Morgan fingerprint density at radius 3 is 2.86 bits per heavy atom. The predicted molar refractivity (Wildman–Crippen MR) is 118 cm³/mol. The zero-order valence-electron chi connectivity index (χ0n) is 16.6. The summed E-state index contributed by atoms with van der Waals surface area (Å²) in [6.45, 7) is 11.4. The molecule has 2 aromatic rings. The van der Waals surface area contributed by atoms with Gasteiger partial charge in [0.15, 0.2) is 11.6 Å². The predicted octanol–water partition coefficient (Wildman–Crippen LogP) is 4.31. The number of aliphatic imine (C=N–C) groups is 2. The normalized spacial score (nSPS) is 16.1. The first-order valence-electron chi connectivity index (χ1n) is 9.18.